The Kier molecular flexibility index (Phi) is 1.73. The molecule has 1 heteroatoms. The maximum Gasteiger partial charge on any atom is 0.0400 e. The van der Waals surface area contributed by atoms with Crippen molar-refractivity contribution in [2.24, 2.45) is 0 Å². The molecule has 0 unspecified atom stereocenters. The largest absolute Gasteiger partial charge is 0.348 e. The van der Waals surface area contributed by atoms with Crippen LogP contribution in [0.5, 0.6) is 0 Å². The second-order valence-corrected chi connectivity index (χ2v) is 1.92. The number of hydrogen-bond donors (Lipinski definition) is 0. The van der Waals surface area contributed by atoms with Crippen molar-refractivity contribution in [2.75, 3.05) is 0 Å². The van der Waals surface area contributed by atoms with Crippen LogP contribution in [0.3, 0.4) is 0 Å². The molecule has 1 heterocycles. The van der Waals surface area contributed by atoms with Crippen LogP contribution in [-0.4, -0.2) is 4.57 Å². The van der Waals surface area contributed by atoms with Crippen LogP contribution in [0.1, 0.15) is 12.6 Å². The van der Waals surface area contributed by atoms with Crippen molar-refractivity contribution < 1.29 is 0 Å². The van der Waals surface area contributed by atoms with Gasteiger partial charge in [-0.3, -0.25) is 0 Å². The molecule has 9 heavy (non-hydrogen) atoms. The van der Waals surface area contributed by atoms with Crippen molar-refractivity contribution in [3.63, 3.8) is 0 Å². The molecule has 0 aliphatic heterocycles. The molecule has 1 rings (SSSR count). The van der Waals surface area contributed by atoms with E-state index < -0.39 is 0 Å². The summed E-state index contributed by atoms with van der Waals surface area (Å²) in [6, 6.07) is 4.08. The molecule has 0 spiro atoms. The van der Waals surface area contributed by atoms with Crippen LogP contribution in [0.4, 0.5) is 0 Å². The first-order valence-corrected chi connectivity index (χ1v) is 3.16. The highest BCUT2D eigenvalue weighted by Gasteiger charge is 1.89. The fourth-order valence-corrected chi connectivity index (χ4v) is 0.901. The van der Waals surface area contributed by atoms with Crippen molar-refractivity contribution >= 4 is 6.08 Å². The molecule has 48 valence electrons. The fraction of sp³-hybridized carbons (Fsp3) is 0.250. The molecule has 0 aromatic carbocycles. The number of rotatable bonds is 2. The standard InChI is InChI=1S/C8H11N/c1-3-8-6-5-7-9(8)4-2/h3,5-7H,1,4H2,2H3. The van der Waals surface area contributed by atoms with E-state index in [1.54, 1.807) is 0 Å². The van der Waals surface area contributed by atoms with Gasteiger partial charge in [-0.25, -0.2) is 0 Å². The molecule has 1 aromatic rings. The summed E-state index contributed by atoms with van der Waals surface area (Å²) in [5.41, 5.74) is 1.19. The Bertz CT molecular complexity index is 198. The van der Waals surface area contributed by atoms with Crippen LogP contribution in [-0.2, 0) is 6.54 Å². The fourth-order valence-electron chi connectivity index (χ4n) is 0.901. The summed E-state index contributed by atoms with van der Waals surface area (Å²) in [5.74, 6) is 0. The van der Waals surface area contributed by atoms with Gasteiger partial charge < -0.3 is 4.57 Å². The van der Waals surface area contributed by atoms with Gasteiger partial charge in [-0.2, -0.15) is 0 Å². The SMILES string of the molecule is C=Cc1cccn1CC. The van der Waals surface area contributed by atoms with Gasteiger partial charge in [0.15, 0.2) is 0 Å². The summed E-state index contributed by atoms with van der Waals surface area (Å²) in [6.07, 6.45) is 3.92. The van der Waals surface area contributed by atoms with Gasteiger partial charge in [0.2, 0.25) is 0 Å². The van der Waals surface area contributed by atoms with E-state index >= 15 is 0 Å². The van der Waals surface area contributed by atoms with Crippen molar-refractivity contribution in [2.45, 2.75) is 13.5 Å². The summed E-state index contributed by atoms with van der Waals surface area (Å²) >= 11 is 0. The third-order valence-corrected chi connectivity index (χ3v) is 1.41. The predicted octanol–water partition coefficient (Wildman–Crippen LogP) is 2.15. The highest BCUT2D eigenvalue weighted by Crippen LogP contribution is 2.01. The normalized spacial score (nSPS) is 9.44. The van der Waals surface area contributed by atoms with E-state index in [-0.39, 0.29) is 0 Å². The van der Waals surface area contributed by atoms with Gasteiger partial charge >= 0.3 is 0 Å². The van der Waals surface area contributed by atoms with Crippen molar-refractivity contribution in [3.8, 4) is 0 Å². The minimum Gasteiger partial charge on any atom is -0.348 e. The van der Waals surface area contributed by atoms with Gasteiger partial charge in [0.1, 0.15) is 0 Å². The van der Waals surface area contributed by atoms with Crippen molar-refractivity contribution in [1.82, 2.24) is 4.57 Å². The average molecular weight is 121 g/mol. The molecule has 0 aliphatic rings. The zero-order valence-electron chi connectivity index (χ0n) is 5.67. The zero-order chi connectivity index (χ0) is 6.69. The minimum absolute atomic E-state index is 1.02. The highest BCUT2D eigenvalue weighted by atomic mass is 14.9. The third kappa shape index (κ3) is 1.04. The van der Waals surface area contributed by atoms with Crippen LogP contribution < -0.4 is 0 Å². The van der Waals surface area contributed by atoms with Gasteiger partial charge in [0.25, 0.3) is 0 Å². The first-order chi connectivity index (χ1) is 4.38. The molecule has 0 amide bonds. The molecule has 0 bridgehead atoms. The Balaban J connectivity index is 2.98. The zero-order valence-corrected chi connectivity index (χ0v) is 5.67. The second kappa shape index (κ2) is 2.53. The number of aromatic nitrogens is 1. The molecule has 1 nitrogen and oxygen atoms in total. The van der Waals surface area contributed by atoms with E-state index in [2.05, 4.69) is 30.3 Å². The second-order valence-electron chi connectivity index (χ2n) is 1.92. The average Bonchev–Trinajstić information content (AvgIpc) is 2.33. The van der Waals surface area contributed by atoms with Crippen molar-refractivity contribution in [1.29, 1.82) is 0 Å². The molecular formula is C8H11N. The Morgan fingerprint density at radius 3 is 3.00 bits per heavy atom. The number of hydrogen-bond acceptors (Lipinski definition) is 0. The van der Waals surface area contributed by atoms with Gasteiger partial charge in [-0.15, -0.1) is 0 Å². The Labute approximate surface area is 55.6 Å². The monoisotopic (exact) mass is 121 g/mol. The topological polar surface area (TPSA) is 4.93 Å². The molecule has 0 fully saturated rings. The molecule has 0 aliphatic carbocycles. The lowest BCUT2D eigenvalue weighted by atomic mass is 10.4. The maximum absolute atomic E-state index is 3.69. The van der Waals surface area contributed by atoms with E-state index in [4.69, 9.17) is 0 Å². The molecular weight excluding hydrogens is 110 g/mol. The molecule has 0 radical (unpaired) electrons. The van der Waals surface area contributed by atoms with E-state index in [0.29, 0.717) is 0 Å². The smallest absolute Gasteiger partial charge is 0.0400 e. The summed E-state index contributed by atoms with van der Waals surface area (Å²) < 4.78 is 2.15. The van der Waals surface area contributed by atoms with E-state index in [0.717, 1.165) is 6.54 Å². The lowest BCUT2D eigenvalue weighted by Crippen LogP contribution is -1.92. The summed E-state index contributed by atoms with van der Waals surface area (Å²) in [5, 5.41) is 0. The Morgan fingerprint density at radius 2 is 2.56 bits per heavy atom. The Morgan fingerprint density at radius 1 is 1.78 bits per heavy atom. The third-order valence-electron chi connectivity index (χ3n) is 1.41. The quantitative estimate of drug-likeness (QED) is 0.565. The van der Waals surface area contributed by atoms with E-state index in [1.807, 2.05) is 12.1 Å². The van der Waals surface area contributed by atoms with Gasteiger partial charge in [0.05, 0.1) is 0 Å². The van der Waals surface area contributed by atoms with Crippen molar-refractivity contribution in [3.05, 3.63) is 30.6 Å². The number of aryl methyl sites for hydroxylation is 1. The lowest BCUT2D eigenvalue weighted by Gasteiger charge is -1.98. The molecule has 1 aromatic heterocycles. The van der Waals surface area contributed by atoms with Crippen LogP contribution in [0.25, 0.3) is 6.08 Å². The van der Waals surface area contributed by atoms with Gasteiger partial charge in [-0.05, 0) is 25.1 Å². The van der Waals surface area contributed by atoms with E-state index in [1.165, 1.54) is 5.69 Å². The minimum atomic E-state index is 1.02. The van der Waals surface area contributed by atoms with E-state index in [9.17, 15) is 0 Å². The molecule has 0 saturated carbocycles. The molecule has 0 atom stereocenters. The summed E-state index contributed by atoms with van der Waals surface area (Å²) in [4.78, 5) is 0. The first-order valence-electron chi connectivity index (χ1n) is 3.16. The van der Waals surface area contributed by atoms with Crippen LogP contribution in [0.15, 0.2) is 24.9 Å². The van der Waals surface area contributed by atoms with Crippen LogP contribution >= 0.6 is 0 Å². The molecule has 0 saturated heterocycles. The lowest BCUT2D eigenvalue weighted by molar-refractivity contribution is 0.762. The van der Waals surface area contributed by atoms with Crippen LogP contribution in [0.2, 0.25) is 0 Å². The van der Waals surface area contributed by atoms with Crippen LogP contribution in [0, 0.1) is 0 Å². The maximum atomic E-state index is 3.69. The Hall–Kier alpha value is -0.980. The summed E-state index contributed by atoms with van der Waals surface area (Å²) in [6.45, 7) is 6.83. The predicted molar refractivity (Wildman–Crippen MR) is 40.2 cm³/mol. The molecule has 0 N–H and O–H groups in total. The number of nitrogens with zero attached hydrogens (tertiary/aromatic N) is 1. The van der Waals surface area contributed by atoms with Gasteiger partial charge in [-0.1, -0.05) is 6.58 Å². The first kappa shape index (κ1) is 6.14. The summed E-state index contributed by atoms with van der Waals surface area (Å²) in [7, 11) is 0. The highest BCUT2D eigenvalue weighted by molar-refractivity contribution is 5.42. The van der Waals surface area contributed by atoms with Gasteiger partial charge in [0, 0.05) is 18.4 Å².